The van der Waals surface area contributed by atoms with E-state index in [0.717, 1.165) is 12.2 Å². The van der Waals surface area contributed by atoms with Crippen LogP contribution in [0.2, 0.25) is 0 Å². The van der Waals surface area contributed by atoms with Gasteiger partial charge in [0.25, 0.3) is 0 Å². The molecule has 0 spiro atoms. The minimum Gasteiger partial charge on any atom is -0.481 e. The maximum Gasteiger partial charge on any atom is 0.303 e. The molecule has 2 unspecified atom stereocenters. The van der Waals surface area contributed by atoms with Crippen molar-refractivity contribution in [2.24, 2.45) is 5.92 Å². The van der Waals surface area contributed by atoms with Crippen molar-refractivity contribution in [2.45, 2.75) is 30.6 Å². The highest BCUT2D eigenvalue weighted by Crippen LogP contribution is 2.42. The van der Waals surface area contributed by atoms with Gasteiger partial charge >= 0.3 is 5.97 Å². The summed E-state index contributed by atoms with van der Waals surface area (Å²) >= 11 is 1.89. The van der Waals surface area contributed by atoms with E-state index < -0.39 is 5.97 Å². The number of aliphatic carboxylic acids is 1. The molecular formula is C13H16O2S. The SMILES string of the molecule is CC(CC(=O)O)CC1CSc2ccccc21. The summed E-state index contributed by atoms with van der Waals surface area (Å²) in [5.74, 6) is 1.21. The number of fused-ring (bicyclic) bond motifs is 1. The van der Waals surface area contributed by atoms with Crippen LogP contribution in [0.3, 0.4) is 0 Å². The summed E-state index contributed by atoms with van der Waals surface area (Å²) in [4.78, 5) is 12.0. The van der Waals surface area contributed by atoms with Gasteiger partial charge in [0.15, 0.2) is 0 Å². The summed E-state index contributed by atoms with van der Waals surface area (Å²) in [6.45, 7) is 2.03. The third-order valence-corrected chi connectivity index (χ3v) is 4.26. The number of carboxylic acids is 1. The first-order chi connectivity index (χ1) is 7.66. The van der Waals surface area contributed by atoms with Crippen LogP contribution in [-0.4, -0.2) is 16.8 Å². The second-order valence-electron chi connectivity index (χ2n) is 4.48. The van der Waals surface area contributed by atoms with E-state index >= 15 is 0 Å². The van der Waals surface area contributed by atoms with E-state index in [0.29, 0.717) is 5.92 Å². The first kappa shape index (κ1) is 11.5. The van der Waals surface area contributed by atoms with Gasteiger partial charge in [-0.1, -0.05) is 25.1 Å². The van der Waals surface area contributed by atoms with Gasteiger partial charge in [-0.05, 0) is 29.9 Å². The normalized spacial score (nSPS) is 20.4. The van der Waals surface area contributed by atoms with Crippen LogP contribution < -0.4 is 0 Å². The summed E-state index contributed by atoms with van der Waals surface area (Å²) in [6, 6.07) is 8.46. The average Bonchev–Trinajstić information content (AvgIpc) is 2.61. The van der Waals surface area contributed by atoms with Gasteiger partial charge in [0.2, 0.25) is 0 Å². The van der Waals surface area contributed by atoms with Crippen molar-refractivity contribution in [2.75, 3.05) is 5.75 Å². The summed E-state index contributed by atoms with van der Waals surface area (Å²) < 4.78 is 0. The fraction of sp³-hybridized carbons (Fsp3) is 0.462. The maximum absolute atomic E-state index is 10.6. The molecule has 1 aromatic rings. The molecule has 0 aliphatic carbocycles. The monoisotopic (exact) mass is 236 g/mol. The quantitative estimate of drug-likeness (QED) is 0.870. The van der Waals surface area contributed by atoms with Crippen LogP contribution in [-0.2, 0) is 4.79 Å². The Morgan fingerprint density at radius 2 is 2.31 bits per heavy atom. The van der Waals surface area contributed by atoms with E-state index in [1.807, 2.05) is 18.7 Å². The van der Waals surface area contributed by atoms with Crippen LogP contribution in [0, 0.1) is 5.92 Å². The molecule has 1 aliphatic rings. The third-order valence-electron chi connectivity index (χ3n) is 3.01. The molecule has 16 heavy (non-hydrogen) atoms. The van der Waals surface area contributed by atoms with E-state index in [4.69, 9.17) is 5.11 Å². The fourth-order valence-corrected chi connectivity index (χ4v) is 3.56. The van der Waals surface area contributed by atoms with Crippen molar-refractivity contribution in [3.05, 3.63) is 29.8 Å². The number of thioether (sulfide) groups is 1. The lowest BCUT2D eigenvalue weighted by atomic mass is 9.90. The lowest BCUT2D eigenvalue weighted by molar-refractivity contribution is -0.138. The number of rotatable bonds is 4. The number of hydrogen-bond donors (Lipinski definition) is 1. The molecule has 3 heteroatoms. The van der Waals surface area contributed by atoms with Gasteiger partial charge in [-0.25, -0.2) is 0 Å². The highest BCUT2D eigenvalue weighted by Gasteiger charge is 2.24. The molecule has 1 aliphatic heterocycles. The van der Waals surface area contributed by atoms with Crippen LogP contribution in [0.25, 0.3) is 0 Å². The number of benzene rings is 1. The molecule has 1 aromatic carbocycles. The van der Waals surface area contributed by atoms with Crippen molar-refractivity contribution in [1.29, 1.82) is 0 Å². The minimum absolute atomic E-state index is 0.259. The molecule has 0 aromatic heterocycles. The highest BCUT2D eigenvalue weighted by atomic mass is 32.2. The van der Waals surface area contributed by atoms with Crippen molar-refractivity contribution >= 4 is 17.7 Å². The zero-order chi connectivity index (χ0) is 11.5. The molecule has 0 amide bonds. The molecular weight excluding hydrogens is 220 g/mol. The third kappa shape index (κ3) is 2.59. The smallest absolute Gasteiger partial charge is 0.303 e. The Hall–Kier alpha value is -0.960. The minimum atomic E-state index is -0.688. The fourth-order valence-electron chi connectivity index (χ4n) is 2.29. The van der Waals surface area contributed by atoms with E-state index in [-0.39, 0.29) is 12.3 Å². The zero-order valence-corrected chi connectivity index (χ0v) is 10.2. The van der Waals surface area contributed by atoms with Crippen LogP contribution in [0.15, 0.2) is 29.2 Å². The first-order valence-corrected chi connectivity index (χ1v) is 6.59. The van der Waals surface area contributed by atoms with Gasteiger partial charge in [0.1, 0.15) is 0 Å². The van der Waals surface area contributed by atoms with Crippen LogP contribution in [0.5, 0.6) is 0 Å². The van der Waals surface area contributed by atoms with Crippen LogP contribution >= 0.6 is 11.8 Å². The van der Waals surface area contributed by atoms with Gasteiger partial charge in [0, 0.05) is 17.1 Å². The molecule has 0 saturated carbocycles. The molecule has 2 rings (SSSR count). The molecule has 86 valence electrons. The van der Waals surface area contributed by atoms with Gasteiger partial charge < -0.3 is 5.11 Å². The lowest BCUT2D eigenvalue weighted by Crippen LogP contribution is -2.09. The van der Waals surface area contributed by atoms with Gasteiger partial charge in [-0.2, -0.15) is 0 Å². The van der Waals surface area contributed by atoms with E-state index in [1.165, 1.54) is 10.5 Å². The van der Waals surface area contributed by atoms with Crippen molar-refractivity contribution in [3.63, 3.8) is 0 Å². The van der Waals surface area contributed by atoms with Crippen molar-refractivity contribution in [3.8, 4) is 0 Å². The molecule has 2 nitrogen and oxygen atoms in total. The Balaban J connectivity index is 2.00. The average molecular weight is 236 g/mol. The Labute approximate surface area is 100 Å². The standard InChI is InChI=1S/C13H16O2S/c1-9(7-13(14)15)6-10-8-16-12-5-3-2-4-11(10)12/h2-5,9-10H,6-8H2,1H3,(H,14,15). The molecule has 0 saturated heterocycles. The second kappa shape index (κ2) is 4.91. The number of hydrogen-bond acceptors (Lipinski definition) is 2. The number of carbonyl (C=O) groups is 1. The largest absolute Gasteiger partial charge is 0.481 e. The van der Waals surface area contributed by atoms with Gasteiger partial charge in [-0.3, -0.25) is 4.79 Å². The van der Waals surface area contributed by atoms with Gasteiger partial charge in [-0.15, -0.1) is 11.8 Å². The van der Waals surface area contributed by atoms with Crippen molar-refractivity contribution in [1.82, 2.24) is 0 Å². The van der Waals surface area contributed by atoms with Crippen LogP contribution in [0.1, 0.15) is 31.2 Å². The Kier molecular flexibility index (Phi) is 3.54. The predicted octanol–water partition coefficient (Wildman–Crippen LogP) is 3.38. The summed E-state index contributed by atoms with van der Waals surface area (Å²) in [7, 11) is 0. The summed E-state index contributed by atoms with van der Waals surface area (Å²) in [6.07, 6.45) is 1.26. The maximum atomic E-state index is 10.6. The van der Waals surface area contributed by atoms with E-state index in [9.17, 15) is 4.79 Å². The molecule has 0 fully saturated rings. The van der Waals surface area contributed by atoms with Crippen LogP contribution in [0.4, 0.5) is 0 Å². The summed E-state index contributed by atoms with van der Waals surface area (Å²) in [5.41, 5.74) is 1.41. The van der Waals surface area contributed by atoms with Crippen molar-refractivity contribution < 1.29 is 9.90 Å². The zero-order valence-electron chi connectivity index (χ0n) is 9.35. The summed E-state index contributed by atoms with van der Waals surface area (Å²) in [5, 5.41) is 8.75. The van der Waals surface area contributed by atoms with Gasteiger partial charge in [0.05, 0.1) is 0 Å². The molecule has 0 radical (unpaired) electrons. The molecule has 2 atom stereocenters. The predicted molar refractivity (Wildman–Crippen MR) is 65.9 cm³/mol. The Morgan fingerprint density at radius 1 is 1.56 bits per heavy atom. The highest BCUT2D eigenvalue weighted by molar-refractivity contribution is 7.99. The second-order valence-corrected chi connectivity index (χ2v) is 5.55. The molecule has 1 heterocycles. The lowest BCUT2D eigenvalue weighted by Gasteiger charge is -2.15. The Bertz CT molecular complexity index is 389. The molecule has 1 N–H and O–H groups in total. The Morgan fingerprint density at radius 3 is 3.06 bits per heavy atom. The van der Waals surface area contributed by atoms with E-state index in [1.54, 1.807) is 0 Å². The topological polar surface area (TPSA) is 37.3 Å². The molecule has 0 bridgehead atoms. The van der Waals surface area contributed by atoms with E-state index in [2.05, 4.69) is 24.3 Å². The number of carboxylic acid groups (broad SMARTS) is 1. The first-order valence-electron chi connectivity index (χ1n) is 5.60.